The number of hydrogen-bond donors (Lipinski definition) is 1. The highest BCUT2D eigenvalue weighted by Crippen LogP contribution is 2.18. The van der Waals surface area contributed by atoms with Gasteiger partial charge in [-0.3, -0.25) is 4.79 Å². The van der Waals surface area contributed by atoms with Crippen LogP contribution in [0, 0.1) is 5.92 Å². The number of carbonyl (C=O) groups is 1. The van der Waals surface area contributed by atoms with Crippen LogP contribution in [0.25, 0.3) is 0 Å². The molecule has 0 radical (unpaired) electrons. The number of carbonyl (C=O) groups excluding carboxylic acids is 1. The third-order valence-electron chi connectivity index (χ3n) is 3.65. The maximum Gasteiger partial charge on any atom is 0.231 e. The molecule has 0 aromatic heterocycles. The highest BCUT2D eigenvalue weighted by molar-refractivity contribution is 5.94. The lowest BCUT2D eigenvalue weighted by Crippen LogP contribution is -2.39. The van der Waals surface area contributed by atoms with Gasteiger partial charge in [0.05, 0.1) is 5.92 Å². The Bertz CT molecular complexity index is 403. The van der Waals surface area contributed by atoms with E-state index in [4.69, 9.17) is 5.73 Å². The van der Waals surface area contributed by atoms with Crippen LogP contribution in [0.4, 0.5) is 5.69 Å². The molecule has 1 aromatic carbocycles. The van der Waals surface area contributed by atoms with Crippen molar-refractivity contribution in [3.8, 4) is 0 Å². The van der Waals surface area contributed by atoms with Gasteiger partial charge in [-0.1, -0.05) is 32.4 Å². The minimum atomic E-state index is -0.162. The molecule has 2 atom stereocenters. The van der Waals surface area contributed by atoms with Crippen LogP contribution in [0.15, 0.2) is 24.3 Å². The Morgan fingerprint density at radius 3 is 2.25 bits per heavy atom. The number of halogens is 1. The topological polar surface area (TPSA) is 46.3 Å². The van der Waals surface area contributed by atoms with Gasteiger partial charge in [-0.2, -0.15) is 0 Å². The molecule has 1 aromatic rings. The highest BCUT2D eigenvalue weighted by atomic mass is 35.5. The fourth-order valence-corrected chi connectivity index (χ4v) is 1.92. The number of rotatable bonds is 6. The van der Waals surface area contributed by atoms with E-state index in [0.29, 0.717) is 0 Å². The van der Waals surface area contributed by atoms with Crippen LogP contribution >= 0.6 is 12.4 Å². The van der Waals surface area contributed by atoms with Crippen molar-refractivity contribution in [2.45, 2.75) is 46.1 Å². The molecule has 114 valence electrons. The van der Waals surface area contributed by atoms with Crippen LogP contribution in [-0.2, 0) is 11.2 Å². The molecule has 0 spiro atoms. The van der Waals surface area contributed by atoms with Crippen molar-refractivity contribution < 1.29 is 4.79 Å². The predicted octanol–water partition coefficient (Wildman–Crippen LogP) is 3.40. The molecular formula is C16H27ClN2O. The first-order chi connectivity index (χ1) is 8.97. The normalized spacial score (nSPS) is 13.2. The number of nitrogens with zero attached hydrogens (tertiary/aromatic N) is 1. The van der Waals surface area contributed by atoms with Crippen molar-refractivity contribution in [2.24, 2.45) is 11.7 Å². The monoisotopic (exact) mass is 298 g/mol. The lowest BCUT2D eigenvalue weighted by molar-refractivity contribution is -0.122. The standard InChI is InChI=1S/C16H26N2O.ClH/c1-5-6-7-14-8-10-15(11-9-14)18(4)16(19)12(2)13(3)17;/h8-13H,5-7,17H2,1-4H3;1H. The van der Waals surface area contributed by atoms with Crippen LogP contribution < -0.4 is 10.6 Å². The Labute approximate surface area is 128 Å². The van der Waals surface area contributed by atoms with E-state index >= 15 is 0 Å². The molecule has 0 bridgehead atoms. The average Bonchev–Trinajstić information content (AvgIpc) is 2.43. The first-order valence-electron chi connectivity index (χ1n) is 7.09. The van der Waals surface area contributed by atoms with Crippen molar-refractivity contribution in [3.63, 3.8) is 0 Å². The summed E-state index contributed by atoms with van der Waals surface area (Å²) in [6.07, 6.45) is 3.51. The first kappa shape index (κ1) is 18.9. The lowest BCUT2D eigenvalue weighted by Gasteiger charge is -2.23. The van der Waals surface area contributed by atoms with Gasteiger partial charge in [0.1, 0.15) is 0 Å². The van der Waals surface area contributed by atoms with Gasteiger partial charge in [0.15, 0.2) is 0 Å². The molecule has 3 nitrogen and oxygen atoms in total. The quantitative estimate of drug-likeness (QED) is 0.875. The molecule has 1 amide bonds. The van der Waals surface area contributed by atoms with Gasteiger partial charge in [-0.25, -0.2) is 0 Å². The Morgan fingerprint density at radius 1 is 1.25 bits per heavy atom. The number of amides is 1. The van der Waals surface area contributed by atoms with E-state index in [-0.39, 0.29) is 30.3 Å². The number of anilines is 1. The summed E-state index contributed by atoms with van der Waals surface area (Å²) < 4.78 is 0. The second-order valence-corrected chi connectivity index (χ2v) is 5.32. The molecule has 0 saturated heterocycles. The first-order valence-corrected chi connectivity index (χ1v) is 7.09. The van der Waals surface area contributed by atoms with E-state index in [1.807, 2.05) is 33.0 Å². The Balaban J connectivity index is 0.00000361. The molecular weight excluding hydrogens is 272 g/mol. The van der Waals surface area contributed by atoms with E-state index in [2.05, 4.69) is 19.1 Å². The average molecular weight is 299 g/mol. The van der Waals surface area contributed by atoms with Gasteiger partial charge < -0.3 is 10.6 Å². The van der Waals surface area contributed by atoms with Crippen molar-refractivity contribution in [1.29, 1.82) is 0 Å². The fraction of sp³-hybridized carbons (Fsp3) is 0.562. The molecule has 1 rings (SSSR count). The molecule has 0 aliphatic carbocycles. The van der Waals surface area contributed by atoms with E-state index in [0.717, 1.165) is 12.1 Å². The summed E-state index contributed by atoms with van der Waals surface area (Å²) in [5.41, 5.74) is 8.04. The minimum absolute atomic E-state index is 0. The number of unbranched alkanes of at least 4 members (excludes halogenated alkanes) is 1. The summed E-state index contributed by atoms with van der Waals surface area (Å²) in [7, 11) is 1.81. The van der Waals surface area contributed by atoms with Crippen molar-refractivity contribution in [1.82, 2.24) is 0 Å². The second-order valence-electron chi connectivity index (χ2n) is 5.32. The Kier molecular flexibility index (Phi) is 8.51. The number of hydrogen-bond acceptors (Lipinski definition) is 2. The van der Waals surface area contributed by atoms with Crippen LogP contribution in [0.1, 0.15) is 39.2 Å². The van der Waals surface area contributed by atoms with Crippen molar-refractivity contribution in [3.05, 3.63) is 29.8 Å². The van der Waals surface area contributed by atoms with Gasteiger partial charge in [-0.15, -0.1) is 12.4 Å². The van der Waals surface area contributed by atoms with Crippen molar-refractivity contribution in [2.75, 3.05) is 11.9 Å². The molecule has 0 saturated carbocycles. The Morgan fingerprint density at radius 2 is 1.80 bits per heavy atom. The number of benzene rings is 1. The maximum absolute atomic E-state index is 12.2. The highest BCUT2D eigenvalue weighted by Gasteiger charge is 2.21. The van der Waals surface area contributed by atoms with E-state index in [1.165, 1.54) is 18.4 Å². The predicted molar refractivity (Wildman–Crippen MR) is 88.5 cm³/mol. The molecule has 2 unspecified atom stereocenters. The minimum Gasteiger partial charge on any atom is -0.327 e. The zero-order chi connectivity index (χ0) is 14.4. The summed E-state index contributed by atoms with van der Waals surface area (Å²) in [5, 5.41) is 0. The van der Waals surface area contributed by atoms with Gasteiger partial charge in [0.2, 0.25) is 5.91 Å². The van der Waals surface area contributed by atoms with E-state index in [9.17, 15) is 4.79 Å². The molecule has 0 aliphatic heterocycles. The molecule has 0 aliphatic rings. The third-order valence-corrected chi connectivity index (χ3v) is 3.65. The summed E-state index contributed by atoms with van der Waals surface area (Å²) in [4.78, 5) is 13.9. The maximum atomic E-state index is 12.2. The smallest absolute Gasteiger partial charge is 0.231 e. The largest absolute Gasteiger partial charge is 0.327 e. The SMILES string of the molecule is CCCCc1ccc(N(C)C(=O)C(C)C(C)N)cc1.Cl. The molecule has 0 heterocycles. The fourth-order valence-electron chi connectivity index (χ4n) is 1.92. The van der Waals surface area contributed by atoms with Gasteiger partial charge in [0, 0.05) is 18.8 Å². The molecule has 0 fully saturated rings. The summed E-state index contributed by atoms with van der Waals surface area (Å²) >= 11 is 0. The molecule has 4 heteroatoms. The zero-order valence-electron chi connectivity index (χ0n) is 12.9. The van der Waals surface area contributed by atoms with Gasteiger partial charge in [0.25, 0.3) is 0 Å². The second kappa shape index (κ2) is 8.98. The van der Waals surface area contributed by atoms with Crippen LogP contribution in [0.5, 0.6) is 0 Å². The molecule has 20 heavy (non-hydrogen) atoms. The molecule has 2 N–H and O–H groups in total. The van der Waals surface area contributed by atoms with Crippen LogP contribution in [0.3, 0.4) is 0 Å². The lowest BCUT2D eigenvalue weighted by atomic mass is 10.0. The van der Waals surface area contributed by atoms with E-state index < -0.39 is 0 Å². The summed E-state index contributed by atoms with van der Waals surface area (Å²) in [5.74, 6) is -0.0962. The van der Waals surface area contributed by atoms with Crippen LogP contribution in [0.2, 0.25) is 0 Å². The van der Waals surface area contributed by atoms with Crippen LogP contribution in [-0.4, -0.2) is 19.0 Å². The number of aryl methyl sites for hydroxylation is 1. The summed E-state index contributed by atoms with van der Waals surface area (Å²) in [6.45, 7) is 5.93. The summed E-state index contributed by atoms with van der Waals surface area (Å²) in [6, 6.07) is 8.10. The third kappa shape index (κ3) is 5.14. The van der Waals surface area contributed by atoms with E-state index in [1.54, 1.807) is 4.90 Å². The Hall–Kier alpha value is -1.06. The number of nitrogens with two attached hydrogens (primary N) is 1. The van der Waals surface area contributed by atoms with Crippen molar-refractivity contribution >= 4 is 24.0 Å². The van der Waals surface area contributed by atoms with Gasteiger partial charge >= 0.3 is 0 Å². The van der Waals surface area contributed by atoms with Gasteiger partial charge in [-0.05, 0) is 37.5 Å². The zero-order valence-corrected chi connectivity index (χ0v) is 13.7.